The van der Waals surface area contributed by atoms with Crippen LogP contribution in [0.1, 0.15) is 22.5 Å². The Morgan fingerprint density at radius 2 is 1.88 bits per heavy atom. The van der Waals surface area contributed by atoms with Gasteiger partial charge in [0.25, 0.3) is 0 Å². The zero-order chi connectivity index (χ0) is 23.5. The third kappa shape index (κ3) is 5.58. The highest BCUT2D eigenvalue weighted by molar-refractivity contribution is 7.89. The maximum absolute atomic E-state index is 12.8. The van der Waals surface area contributed by atoms with E-state index in [1.165, 1.54) is 13.2 Å². The summed E-state index contributed by atoms with van der Waals surface area (Å²) in [6.45, 7) is 0.0243. The fourth-order valence-electron chi connectivity index (χ4n) is 3.23. The highest BCUT2D eigenvalue weighted by Gasteiger charge is 2.34. The van der Waals surface area contributed by atoms with Crippen molar-refractivity contribution in [2.75, 3.05) is 25.5 Å². The molecule has 32 heavy (non-hydrogen) atoms. The molecule has 1 amide bonds. The summed E-state index contributed by atoms with van der Waals surface area (Å²) in [5.41, 5.74) is 0.323. The van der Waals surface area contributed by atoms with Gasteiger partial charge in [-0.2, -0.15) is 4.31 Å². The SMILES string of the molecule is COC(=O)c1sccc1NC(=O)C1CCN(S(=O)(=O)c2cccc(OC(F)(F)F)c2)CC1. The first-order valence-corrected chi connectivity index (χ1v) is 11.7. The number of methoxy groups -OCH3 is 1. The number of carbonyl (C=O) groups is 2. The van der Waals surface area contributed by atoms with Gasteiger partial charge in [0.1, 0.15) is 10.6 Å². The summed E-state index contributed by atoms with van der Waals surface area (Å²) in [6.07, 6.45) is -4.52. The number of nitrogens with zero attached hydrogens (tertiary/aromatic N) is 1. The number of halogens is 3. The van der Waals surface area contributed by atoms with Gasteiger partial charge in [-0.1, -0.05) is 6.07 Å². The van der Waals surface area contributed by atoms with Crippen molar-refractivity contribution in [2.45, 2.75) is 24.1 Å². The van der Waals surface area contributed by atoms with Gasteiger partial charge in [0.05, 0.1) is 17.7 Å². The van der Waals surface area contributed by atoms with Gasteiger partial charge < -0.3 is 14.8 Å². The Hall–Kier alpha value is -2.64. The number of hydrogen-bond donors (Lipinski definition) is 1. The van der Waals surface area contributed by atoms with Gasteiger partial charge in [0, 0.05) is 25.1 Å². The van der Waals surface area contributed by atoms with Crippen molar-refractivity contribution >= 4 is 38.9 Å². The van der Waals surface area contributed by atoms with Crippen LogP contribution < -0.4 is 10.1 Å². The second kappa shape index (κ2) is 9.46. The second-order valence-electron chi connectivity index (χ2n) is 6.85. The lowest BCUT2D eigenvalue weighted by Crippen LogP contribution is -2.41. The van der Waals surface area contributed by atoms with E-state index in [9.17, 15) is 31.2 Å². The standard InChI is InChI=1S/C19H19F3N2O6S2/c1-29-18(26)16-15(7-10-31-16)23-17(25)12-5-8-24(9-6-12)32(27,28)14-4-2-3-13(11-14)30-19(20,21)22/h2-4,7,10-12H,5-6,8-9H2,1H3,(H,23,25). The molecule has 1 aliphatic heterocycles. The number of piperidine rings is 1. The minimum atomic E-state index is -4.94. The minimum absolute atomic E-state index is 0.0122. The van der Waals surface area contributed by atoms with E-state index in [0.29, 0.717) is 5.69 Å². The number of sulfonamides is 1. The zero-order valence-corrected chi connectivity index (χ0v) is 18.3. The quantitative estimate of drug-likeness (QED) is 0.620. The van der Waals surface area contributed by atoms with Gasteiger partial charge in [-0.15, -0.1) is 24.5 Å². The van der Waals surface area contributed by atoms with Gasteiger partial charge in [0.15, 0.2) is 0 Å². The first-order valence-electron chi connectivity index (χ1n) is 9.34. The molecule has 0 saturated carbocycles. The van der Waals surface area contributed by atoms with Crippen LogP contribution in [0.3, 0.4) is 0 Å². The van der Waals surface area contributed by atoms with Crippen LogP contribution in [0.25, 0.3) is 0 Å². The van der Waals surface area contributed by atoms with Gasteiger partial charge in [-0.25, -0.2) is 13.2 Å². The van der Waals surface area contributed by atoms with Crippen molar-refractivity contribution in [3.05, 3.63) is 40.6 Å². The molecule has 3 rings (SSSR count). The van der Waals surface area contributed by atoms with Crippen LogP contribution in [-0.4, -0.2) is 51.2 Å². The lowest BCUT2D eigenvalue weighted by Gasteiger charge is -2.30. The summed E-state index contributed by atoms with van der Waals surface area (Å²) in [4.78, 5) is 24.2. The van der Waals surface area contributed by atoms with Crippen LogP contribution in [0.4, 0.5) is 18.9 Å². The van der Waals surface area contributed by atoms with Gasteiger partial charge in [-0.05, 0) is 36.4 Å². The number of nitrogens with one attached hydrogen (secondary N) is 1. The van der Waals surface area contributed by atoms with Crippen LogP contribution in [0.15, 0.2) is 40.6 Å². The molecule has 174 valence electrons. The summed E-state index contributed by atoms with van der Waals surface area (Å²) in [5.74, 6) is -2.06. The largest absolute Gasteiger partial charge is 0.573 e. The Balaban J connectivity index is 1.64. The van der Waals surface area contributed by atoms with Gasteiger partial charge in [-0.3, -0.25) is 4.79 Å². The van der Waals surface area contributed by atoms with Crippen molar-refractivity contribution in [3.63, 3.8) is 0 Å². The molecule has 1 aromatic carbocycles. The Bertz CT molecular complexity index is 1090. The number of anilines is 1. The molecule has 0 unspecified atom stereocenters. The van der Waals surface area contributed by atoms with E-state index in [-0.39, 0.29) is 41.6 Å². The normalized spacial score (nSPS) is 15.9. The topological polar surface area (TPSA) is 102 Å². The highest BCUT2D eigenvalue weighted by Crippen LogP contribution is 2.30. The first kappa shape index (κ1) is 24.0. The smallest absolute Gasteiger partial charge is 0.465 e. The first-order chi connectivity index (χ1) is 15.0. The third-order valence-electron chi connectivity index (χ3n) is 4.80. The lowest BCUT2D eigenvalue weighted by molar-refractivity contribution is -0.274. The summed E-state index contributed by atoms with van der Waals surface area (Å²) in [7, 11) is -2.83. The summed E-state index contributed by atoms with van der Waals surface area (Å²) < 4.78 is 72.5. The minimum Gasteiger partial charge on any atom is -0.465 e. The Morgan fingerprint density at radius 1 is 1.19 bits per heavy atom. The van der Waals surface area contributed by atoms with E-state index in [2.05, 4.69) is 14.8 Å². The van der Waals surface area contributed by atoms with E-state index in [1.54, 1.807) is 11.4 Å². The average Bonchev–Trinajstić information content (AvgIpc) is 3.20. The lowest BCUT2D eigenvalue weighted by atomic mass is 9.97. The van der Waals surface area contributed by atoms with E-state index in [0.717, 1.165) is 33.8 Å². The fraction of sp³-hybridized carbons (Fsp3) is 0.368. The van der Waals surface area contributed by atoms with Crippen molar-refractivity contribution < 1.29 is 40.7 Å². The average molecular weight is 492 g/mol. The molecule has 1 saturated heterocycles. The Labute approximate surface area is 186 Å². The summed E-state index contributed by atoms with van der Waals surface area (Å²) in [6, 6.07) is 5.74. The molecule has 0 atom stereocenters. The van der Waals surface area contributed by atoms with Crippen molar-refractivity contribution in [1.82, 2.24) is 4.31 Å². The molecule has 8 nitrogen and oxygen atoms in total. The van der Waals surface area contributed by atoms with E-state index < -0.39 is 34.0 Å². The Kier molecular flexibility index (Phi) is 7.10. The number of carbonyl (C=O) groups excluding carboxylic acids is 2. The van der Waals surface area contributed by atoms with Gasteiger partial charge >= 0.3 is 12.3 Å². The number of thiophene rings is 1. The van der Waals surface area contributed by atoms with E-state index >= 15 is 0 Å². The van der Waals surface area contributed by atoms with Crippen LogP contribution >= 0.6 is 11.3 Å². The summed E-state index contributed by atoms with van der Waals surface area (Å²) in [5, 5.41) is 4.30. The fourth-order valence-corrected chi connectivity index (χ4v) is 5.50. The van der Waals surface area contributed by atoms with E-state index in [4.69, 9.17) is 0 Å². The monoisotopic (exact) mass is 492 g/mol. The molecule has 0 aliphatic carbocycles. The predicted molar refractivity (Wildman–Crippen MR) is 109 cm³/mol. The molecule has 0 radical (unpaired) electrons. The van der Waals surface area contributed by atoms with Crippen LogP contribution in [-0.2, 0) is 19.6 Å². The molecule has 0 spiro atoms. The number of benzene rings is 1. The molecule has 13 heteroatoms. The number of hydrogen-bond acceptors (Lipinski definition) is 7. The number of rotatable bonds is 6. The van der Waals surface area contributed by atoms with Gasteiger partial charge in [0.2, 0.25) is 15.9 Å². The molecule has 1 fully saturated rings. The zero-order valence-electron chi connectivity index (χ0n) is 16.7. The van der Waals surface area contributed by atoms with E-state index in [1.807, 2.05) is 0 Å². The highest BCUT2D eigenvalue weighted by atomic mass is 32.2. The predicted octanol–water partition coefficient (Wildman–Crippen LogP) is 3.47. The molecule has 2 aromatic rings. The van der Waals surface area contributed by atoms with Crippen LogP contribution in [0.5, 0.6) is 5.75 Å². The molecular formula is C19H19F3N2O6S2. The van der Waals surface area contributed by atoms with Crippen LogP contribution in [0, 0.1) is 5.92 Å². The summed E-state index contributed by atoms with van der Waals surface area (Å²) >= 11 is 1.12. The molecule has 2 heterocycles. The molecule has 0 bridgehead atoms. The second-order valence-corrected chi connectivity index (χ2v) is 9.70. The number of alkyl halides is 3. The van der Waals surface area contributed by atoms with Crippen molar-refractivity contribution in [2.24, 2.45) is 5.92 Å². The number of amides is 1. The number of esters is 1. The van der Waals surface area contributed by atoms with Crippen molar-refractivity contribution in [3.8, 4) is 5.75 Å². The third-order valence-corrected chi connectivity index (χ3v) is 7.58. The molecular weight excluding hydrogens is 473 g/mol. The van der Waals surface area contributed by atoms with Crippen LogP contribution in [0.2, 0.25) is 0 Å². The number of ether oxygens (including phenoxy) is 2. The molecule has 1 aliphatic rings. The Morgan fingerprint density at radius 3 is 2.50 bits per heavy atom. The molecule has 1 aromatic heterocycles. The van der Waals surface area contributed by atoms with Crippen molar-refractivity contribution in [1.29, 1.82) is 0 Å². The maximum Gasteiger partial charge on any atom is 0.573 e. The molecule has 1 N–H and O–H groups in total. The maximum atomic E-state index is 12.8.